The van der Waals surface area contributed by atoms with Gasteiger partial charge in [0.2, 0.25) is 5.91 Å². The first-order valence-electron chi connectivity index (χ1n) is 7.63. The predicted molar refractivity (Wildman–Crippen MR) is 95.3 cm³/mol. The average molecular weight is 367 g/mol. The largest absolute Gasteiger partial charge is 0.480 e. The molecule has 0 saturated carbocycles. The molecule has 0 fully saturated rings. The van der Waals surface area contributed by atoms with Gasteiger partial charge in [-0.05, 0) is 18.1 Å². The highest BCUT2D eigenvalue weighted by Crippen LogP contribution is 2.25. The number of carboxylic acids is 1. The fraction of sp³-hybridized carbons (Fsp3) is 0.353. The van der Waals surface area contributed by atoms with Gasteiger partial charge < -0.3 is 10.4 Å². The maximum atomic E-state index is 12.1. The van der Waals surface area contributed by atoms with E-state index in [-0.39, 0.29) is 18.2 Å². The van der Waals surface area contributed by atoms with Crippen LogP contribution in [0.3, 0.4) is 0 Å². The van der Waals surface area contributed by atoms with Crippen LogP contribution >= 0.6 is 22.9 Å². The monoisotopic (exact) mass is 366 g/mol. The molecule has 0 spiro atoms. The maximum Gasteiger partial charge on any atom is 0.326 e. The van der Waals surface area contributed by atoms with Crippen molar-refractivity contribution in [2.75, 3.05) is 0 Å². The quantitative estimate of drug-likeness (QED) is 0.784. The van der Waals surface area contributed by atoms with Crippen molar-refractivity contribution in [3.8, 4) is 10.6 Å². The molecule has 2 rings (SSSR count). The molecule has 2 aromatic rings. The van der Waals surface area contributed by atoms with Crippen LogP contribution in [-0.2, 0) is 16.0 Å². The predicted octanol–water partition coefficient (Wildman–Crippen LogP) is 3.62. The number of aromatic nitrogens is 1. The third-order valence-corrected chi connectivity index (χ3v) is 4.97. The summed E-state index contributed by atoms with van der Waals surface area (Å²) in [6, 6.07) is 6.43. The molecule has 1 amide bonds. The van der Waals surface area contributed by atoms with Crippen molar-refractivity contribution in [2.24, 2.45) is 5.92 Å². The Morgan fingerprint density at radius 1 is 1.33 bits per heavy atom. The van der Waals surface area contributed by atoms with E-state index < -0.39 is 12.0 Å². The molecule has 24 heavy (non-hydrogen) atoms. The van der Waals surface area contributed by atoms with Crippen LogP contribution in [0.4, 0.5) is 0 Å². The van der Waals surface area contributed by atoms with E-state index in [0.29, 0.717) is 17.1 Å². The van der Waals surface area contributed by atoms with E-state index in [1.54, 1.807) is 19.1 Å². The number of benzene rings is 1. The summed E-state index contributed by atoms with van der Waals surface area (Å²) in [5.74, 6) is -1.49. The first-order valence-corrected chi connectivity index (χ1v) is 8.89. The van der Waals surface area contributed by atoms with E-state index in [1.165, 1.54) is 11.3 Å². The van der Waals surface area contributed by atoms with E-state index in [2.05, 4.69) is 10.3 Å². The number of carboxylic acid groups (broad SMARTS) is 1. The van der Waals surface area contributed by atoms with Gasteiger partial charge in [-0.25, -0.2) is 9.78 Å². The Bertz CT molecular complexity index is 715. The second-order valence-electron chi connectivity index (χ2n) is 5.60. The standard InChI is InChI=1S/C17H19ClN2O3S/c1-3-10(2)15(17(22)23)20-14(21)8-13-9-24-16(19-13)11-4-6-12(18)7-5-11/h4-7,9-10,15H,3,8H2,1-2H3,(H,20,21)(H,22,23). The zero-order chi connectivity index (χ0) is 17.7. The van der Waals surface area contributed by atoms with Crippen LogP contribution in [0.1, 0.15) is 26.0 Å². The second kappa shape index (κ2) is 8.26. The van der Waals surface area contributed by atoms with Crippen LogP contribution in [0, 0.1) is 5.92 Å². The summed E-state index contributed by atoms with van der Waals surface area (Å²) in [4.78, 5) is 27.8. The van der Waals surface area contributed by atoms with E-state index in [4.69, 9.17) is 11.6 Å². The Balaban J connectivity index is 2.02. The third-order valence-electron chi connectivity index (χ3n) is 3.78. The fourth-order valence-corrected chi connectivity index (χ4v) is 3.14. The number of thiazole rings is 1. The summed E-state index contributed by atoms with van der Waals surface area (Å²) in [6.45, 7) is 3.70. The van der Waals surface area contributed by atoms with Gasteiger partial charge in [0.05, 0.1) is 12.1 Å². The Kier molecular flexibility index (Phi) is 6.34. The zero-order valence-electron chi connectivity index (χ0n) is 13.5. The molecule has 2 unspecified atom stereocenters. The normalized spacial score (nSPS) is 13.3. The number of hydrogen-bond donors (Lipinski definition) is 2. The molecule has 1 heterocycles. The molecule has 7 heteroatoms. The Morgan fingerprint density at radius 3 is 2.58 bits per heavy atom. The van der Waals surface area contributed by atoms with Crippen LogP contribution in [0.2, 0.25) is 5.02 Å². The van der Waals surface area contributed by atoms with Crippen LogP contribution in [0.5, 0.6) is 0 Å². The summed E-state index contributed by atoms with van der Waals surface area (Å²) < 4.78 is 0. The zero-order valence-corrected chi connectivity index (χ0v) is 15.0. The Morgan fingerprint density at radius 2 is 2.00 bits per heavy atom. The molecule has 128 valence electrons. The van der Waals surface area contributed by atoms with Gasteiger partial charge in [0, 0.05) is 16.0 Å². The maximum absolute atomic E-state index is 12.1. The SMILES string of the molecule is CCC(C)C(NC(=O)Cc1csc(-c2ccc(Cl)cc2)n1)C(=O)O. The number of nitrogens with one attached hydrogen (secondary N) is 1. The van der Waals surface area contributed by atoms with Gasteiger partial charge in [0.15, 0.2) is 0 Å². The van der Waals surface area contributed by atoms with Gasteiger partial charge in [-0.3, -0.25) is 4.79 Å². The molecular weight excluding hydrogens is 348 g/mol. The number of halogens is 1. The van der Waals surface area contributed by atoms with Crippen molar-refractivity contribution >= 4 is 34.8 Å². The highest BCUT2D eigenvalue weighted by atomic mass is 35.5. The number of hydrogen-bond acceptors (Lipinski definition) is 4. The van der Waals surface area contributed by atoms with Gasteiger partial charge in [-0.2, -0.15) is 0 Å². The molecule has 0 aliphatic rings. The molecule has 5 nitrogen and oxygen atoms in total. The molecule has 0 saturated heterocycles. The van der Waals surface area contributed by atoms with Crippen molar-refractivity contribution < 1.29 is 14.7 Å². The van der Waals surface area contributed by atoms with Crippen LogP contribution in [0.15, 0.2) is 29.6 Å². The van der Waals surface area contributed by atoms with Gasteiger partial charge >= 0.3 is 5.97 Å². The second-order valence-corrected chi connectivity index (χ2v) is 6.89. The number of amides is 1. The fourth-order valence-electron chi connectivity index (χ4n) is 2.19. The minimum atomic E-state index is -1.02. The van der Waals surface area contributed by atoms with Crippen molar-refractivity contribution in [3.63, 3.8) is 0 Å². The van der Waals surface area contributed by atoms with Gasteiger partial charge in [-0.1, -0.05) is 44.0 Å². The molecule has 2 N–H and O–H groups in total. The molecule has 1 aromatic heterocycles. The molecular formula is C17H19ClN2O3S. The van der Waals surface area contributed by atoms with Gasteiger partial charge in [-0.15, -0.1) is 11.3 Å². The van der Waals surface area contributed by atoms with Crippen LogP contribution < -0.4 is 5.32 Å². The van der Waals surface area contributed by atoms with E-state index in [0.717, 1.165) is 10.6 Å². The topological polar surface area (TPSA) is 79.3 Å². The lowest BCUT2D eigenvalue weighted by Gasteiger charge is -2.19. The minimum Gasteiger partial charge on any atom is -0.480 e. The van der Waals surface area contributed by atoms with Crippen LogP contribution in [0.25, 0.3) is 10.6 Å². The smallest absolute Gasteiger partial charge is 0.326 e. The summed E-state index contributed by atoms with van der Waals surface area (Å²) in [7, 11) is 0. The molecule has 0 aliphatic carbocycles. The molecule has 2 atom stereocenters. The van der Waals surface area contributed by atoms with E-state index in [1.807, 2.05) is 24.4 Å². The van der Waals surface area contributed by atoms with Crippen molar-refractivity contribution in [1.82, 2.24) is 10.3 Å². The van der Waals surface area contributed by atoms with Crippen molar-refractivity contribution in [2.45, 2.75) is 32.7 Å². The highest BCUT2D eigenvalue weighted by molar-refractivity contribution is 7.13. The lowest BCUT2D eigenvalue weighted by Crippen LogP contribution is -2.45. The molecule has 0 aliphatic heterocycles. The summed E-state index contributed by atoms with van der Waals surface area (Å²) in [5.41, 5.74) is 1.55. The first-order chi connectivity index (χ1) is 11.4. The Hall–Kier alpha value is -1.92. The number of rotatable bonds is 7. The lowest BCUT2D eigenvalue weighted by molar-refractivity contribution is -0.143. The first kappa shape index (κ1) is 18.4. The summed E-state index contributed by atoms with van der Waals surface area (Å²) in [6.07, 6.45) is 0.735. The molecule has 1 aromatic carbocycles. The van der Waals surface area contributed by atoms with Gasteiger partial charge in [0.25, 0.3) is 0 Å². The van der Waals surface area contributed by atoms with Gasteiger partial charge in [0.1, 0.15) is 11.0 Å². The number of carbonyl (C=O) groups excluding carboxylic acids is 1. The van der Waals surface area contributed by atoms with E-state index in [9.17, 15) is 14.7 Å². The van der Waals surface area contributed by atoms with Crippen LogP contribution in [-0.4, -0.2) is 28.0 Å². The molecule has 0 radical (unpaired) electrons. The third kappa shape index (κ3) is 4.79. The van der Waals surface area contributed by atoms with Crippen molar-refractivity contribution in [1.29, 1.82) is 0 Å². The Labute approximate surface area is 149 Å². The van der Waals surface area contributed by atoms with E-state index >= 15 is 0 Å². The number of carbonyl (C=O) groups is 2. The van der Waals surface area contributed by atoms with Crippen molar-refractivity contribution in [3.05, 3.63) is 40.4 Å². The lowest BCUT2D eigenvalue weighted by atomic mass is 9.99. The summed E-state index contributed by atoms with van der Waals surface area (Å²) >= 11 is 7.30. The highest BCUT2D eigenvalue weighted by Gasteiger charge is 2.25. The summed E-state index contributed by atoms with van der Waals surface area (Å²) in [5, 5.41) is 15.1. The minimum absolute atomic E-state index is 0.0598. The number of nitrogens with zero attached hydrogens (tertiary/aromatic N) is 1. The number of aliphatic carboxylic acids is 1. The molecule has 0 bridgehead atoms. The average Bonchev–Trinajstić information content (AvgIpc) is 3.00.